The van der Waals surface area contributed by atoms with Crippen molar-refractivity contribution in [3.63, 3.8) is 0 Å². The van der Waals surface area contributed by atoms with Crippen LogP contribution >= 0.6 is 11.6 Å². The summed E-state index contributed by atoms with van der Waals surface area (Å²) in [6, 6.07) is 7.68. The molecule has 29 heavy (non-hydrogen) atoms. The number of benzene rings is 1. The van der Waals surface area contributed by atoms with E-state index in [-0.39, 0.29) is 11.9 Å². The van der Waals surface area contributed by atoms with Crippen LogP contribution in [-0.4, -0.2) is 48.1 Å². The number of carbonyl (C=O) groups excluding carboxylic acids is 1. The number of hydrogen-bond acceptors (Lipinski definition) is 6. The Morgan fingerprint density at radius 2 is 1.90 bits per heavy atom. The summed E-state index contributed by atoms with van der Waals surface area (Å²) in [4.78, 5) is 26.4. The van der Waals surface area contributed by atoms with Gasteiger partial charge in [-0.25, -0.2) is 9.97 Å². The smallest absolute Gasteiger partial charge is 0.247 e. The molecule has 1 aromatic carbocycles. The Morgan fingerprint density at radius 3 is 2.59 bits per heavy atom. The second-order valence-corrected chi connectivity index (χ2v) is 8.52. The van der Waals surface area contributed by atoms with Crippen molar-refractivity contribution in [3.8, 4) is 0 Å². The lowest BCUT2D eigenvalue weighted by atomic mass is 10.0. The van der Waals surface area contributed by atoms with E-state index in [0.29, 0.717) is 17.4 Å². The lowest BCUT2D eigenvalue weighted by molar-refractivity contribution is -0.117. The van der Waals surface area contributed by atoms with Crippen LogP contribution in [0.3, 0.4) is 0 Å². The van der Waals surface area contributed by atoms with E-state index in [2.05, 4.69) is 50.3 Å². The van der Waals surface area contributed by atoms with Gasteiger partial charge < -0.3 is 20.4 Å². The Kier molecular flexibility index (Phi) is 5.50. The molecular weight excluding hydrogens is 388 g/mol. The third kappa shape index (κ3) is 4.24. The molecule has 0 spiro atoms. The van der Waals surface area contributed by atoms with Crippen LogP contribution in [0.5, 0.6) is 0 Å². The van der Waals surface area contributed by atoms with Gasteiger partial charge in [-0.05, 0) is 37.5 Å². The van der Waals surface area contributed by atoms with Crippen LogP contribution in [0.4, 0.5) is 23.0 Å². The summed E-state index contributed by atoms with van der Waals surface area (Å²) in [5.74, 6) is 2.61. The maximum Gasteiger partial charge on any atom is 0.247 e. The first-order valence-corrected chi connectivity index (χ1v) is 10.5. The first-order chi connectivity index (χ1) is 13.9. The second-order valence-electron chi connectivity index (χ2n) is 8.09. The molecule has 1 atom stereocenters. The van der Waals surface area contributed by atoms with Crippen LogP contribution in [0, 0.1) is 12.8 Å². The van der Waals surface area contributed by atoms with Gasteiger partial charge >= 0.3 is 0 Å². The highest BCUT2D eigenvalue weighted by molar-refractivity contribution is 6.30. The number of fused-ring (bicyclic) bond motifs is 1. The minimum atomic E-state index is -0.260. The molecule has 2 aliphatic heterocycles. The minimum absolute atomic E-state index is 0.0162. The lowest BCUT2D eigenvalue weighted by Crippen LogP contribution is -2.48. The van der Waals surface area contributed by atoms with E-state index >= 15 is 0 Å². The molecule has 0 bridgehead atoms. The molecule has 7 nitrogen and oxygen atoms in total. The largest absolute Gasteiger partial charge is 0.368 e. The predicted molar refractivity (Wildman–Crippen MR) is 118 cm³/mol. The molecule has 154 valence electrons. The summed E-state index contributed by atoms with van der Waals surface area (Å²) in [7, 11) is 0. The van der Waals surface area contributed by atoms with Crippen molar-refractivity contribution < 1.29 is 4.79 Å². The fraction of sp³-hybridized carbons (Fsp3) is 0.476. The Labute approximate surface area is 176 Å². The van der Waals surface area contributed by atoms with Gasteiger partial charge in [-0.1, -0.05) is 31.5 Å². The Hall–Kier alpha value is -2.54. The summed E-state index contributed by atoms with van der Waals surface area (Å²) in [6.07, 6.45) is 0.766. The number of nitrogens with one attached hydrogen (secondary N) is 2. The highest BCUT2D eigenvalue weighted by Crippen LogP contribution is 2.35. The molecule has 0 aliphatic carbocycles. The average Bonchev–Trinajstić information content (AvgIpc) is 2.68. The fourth-order valence-electron chi connectivity index (χ4n) is 3.93. The third-order valence-corrected chi connectivity index (χ3v) is 5.57. The Morgan fingerprint density at radius 1 is 1.17 bits per heavy atom. The molecule has 1 aromatic heterocycles. The van der Waals surface area contributed by atoms with Crippen LogP contribution in [0.1, 0.15) is 26.1 Å². The summed E-state index contributed by atoms with van der Waals surface area (Å²) in [5.41, 5.74) is 1.82. The number of anilines is 4. The molecule has 1 saturated heterocycles. The number of aryl methyl sites for hydroxylation is 1. The normalized spacial score (nSPS) is 19.1. The summed E-state index contributed by atoms with van der Waals surface area (Å²) in [5, 5.41) is 7.13. The topological polar surface area (TPSA) is 73.4 Å². The number of nitrogens with zero attached hydrogens (tertiary/aromatic N) is 4. The zero-order chi connectivity index (χ0) is 20.5. The van der Waals surface area contributed by atoms with E-state index in [4.69, 9.17) is 11.6 Å². The van der Waals surface area contributed by atoms with E-state index in [1.165, 1.54) is 0 Å². The molecule has 2 aliphatic rings. The molecule has 1 fully saturated rings. The first-order valence-electron chi connectivity index (χ1n) is 10.1. The maximum atomic E-state index is 12.6. The summed E-state index contributed by atoms with van der Waals surface area (Å²) >= 11 is 6.14. The van der Waals surface area contributed by atoms with Gasteiger partial charge in [0.05, 0.1) is 0 Å². The molecule has 1 amide bonds. The van der Waals surface area contributed by atoms with Crippen molar-refractivity contribution in [1.82, 2.24) is 9.97 Å². The van der Waals surface area contributed by atoms with Gasteiger partial charge in [-0.3, -0.25) is 4.79 Å². The maximum absolute atomic E-state index is 12.6. The Balaban J connectivity index is 1.53. The molecule has 4 rings (SSSR count). The van der Waals surface area contributed by atoms with Crippen molar-refractivity contribution in [2.24, 2.45) is 5.92 Å². The lowest BCUT2D eigenvalue weighted by Gasteiger charge is -2.38. The van der Waals surface area contributed by atoms with Gasteiger partial charge in [0.25, 0.3) is 0 Å². The minimum Gasteiger partial charge on any atom is -0.368 e. The van der Waals surface area contributed by atoms with Crippen molar-refractivity contribution >= 4 is 40.5 Å². The van der Waals surface area contributed by atoms with E-state index in [1.807, 2.05) is 25.1 Å². The SMILES string of the molecule is Cc1nc2c(c(N3CCN(c4cccc(Cl)c4)CC3)n1)NC(=O)C(CC(C)C)N2. The van der Waals surface area contributed by atoms with Gasteiger partial charge in [-0.2, -0.15) is 0 Å². The highest BCUT2D eigenvalue weighted by atomic mass is 35.5. The summed E-state index contributed by atoms with van der Waals surface area (Å²) in [6.45, 7) is 9.44. The van der Waals surface area contributed by atoms with Crippen LogP contribution < -0.4 is 20.4 Å². The van der Waals surface area contributed by atoms with Crippen LogP contribution in [0.2, 0.25) is 5.02 Å². The number of piperazine rings is 1. The van der Waals surface area contributed by atoms with E-state index in [0.717, 1.165) is 54.9 Å². The van der Waals surface area contributed by atoms with Crippen LogP contribution in [-0.2, 0) is 4.79 Å². The molecule has 2 N–H and O–H groups in total. The van der Waals surface area contributed by atoms with Crippen LogP contribution in [0.25, 0.3) is 0 Å². The third-order valence-electron chi connectivity index (χ3n) is 5.34. The second kappa shape index (κ2) is 8.06. The highest BCUT2D eigenvalue weighted by Gasteiger charge is 2.32. The van der Waals surface area contributed by atoms with Crippen molar-refractivity contribution in [3.05, 3.63) is 35.1 Å². The number of halogens is 1. The molecule has 1 unspecified atom stereocenters. The van der Waals surface area contributed by atoms with Crippen LogP contribution in [0.15, 0.2) is 24.3 Å². The number of aromatic nitrogens is 2. The quantitative estimate of drug-likeness (QED) is 0.797. The van der Waals surface area contributed by atoms with Gasteiger partial charge in [0, 0.05) is 36.9 Å². The van der Waals surface area contributed by atoms with Crippen molar-refractivity contribution in [2.45, 2.75) is 33.2 Å². The van der Waals surface area contributed by atoms with Crippen molar-refractivity contribution in [2.75, 3.05) is 46.6 Å². The predicted octanol–water partition coefficient (Wildman–Crippen LogP) is 3.54. The first kappa shape index (κ1) is 19.8. The van der Waals surface area contributed by atoms with E-state index in [1.54, 1.807) is 0 Å². The van der Waals surface area contributed by atoms with Gasteiger partial charge in [0.2, 0.25) is 5.91 Å². The standard InChI is InChI=1S/C21H27ClN6O/c1-13(2)11-17-21(29)26-18-19(25-17)23-14(3)24-20(18)28-9-7-27(8-10-28)16-6-4-5-15(22)12-16/h4-6,12-13,17H,7-11H2,1-3H3,(H,26,29)(H,23,24,25). The summed E-state index contributed by atoms with van der Waals surface area (Å²) < 4.78 is 0. The fourth-order valence-corrected chi connectivity index (χ4v) is 4.12. The number of carbonyl (C=O) groups is 1. The Bertz CT molecular complexity index is 910. The van der Waals surface area contributed by atoms with E-state index in [9.17, 15) is 4.79 Å². The average molecular weight is 415 g/mol. The monoisotopic (exact) mass is 414 g/mol. The zero-order valence-electron chi connectivity index (χ0n) is 17.1. The van der Waals surface area contributed by atoms with Gasteiger partial charge in [0.15, 0.2) is 11.6 Å². The number of rotatable bonds is 4. The molecule has 0 saturated carbocycles. The van der Waals surface area contributed by atoms with Crippen molar-refractivity contribution in [1.29, 1.82) is 0 Å². The molecule has 2 aromatic rings. The molecular formula is C21H27ClN6O. The van der Waals surface area contributed by atoms with E-state index < -0.39 is 0 Å². The zero-order valence-corrected chi connectivity index (χ0v) is 17.8. The van der Waals surface area contributed by atoms with Gasteiger partial charge in [0.1, 0.15) is 17.6 Å². The molecule has 3 heterocycles. The van der Waals surface area contributed by atoms with Gasteiger partial charge in [-0.15, -0.1) is 0 Å². The molecule has 8 heteroatoms. The molecule has 0 radical (unpaired) electrons. The number of hydrogen-bond donors (Lipinski definition) is 2. The number of amides is 1.